The summed E-state index contributed by atoms with van der Waals surface area (Å²) in [4.78, 5) is 4.76. The third-order valence-corrected chi connectivity index (χ3v) is 11.7. The van der Waals surface area contributed by atoms with Crippen molar-refractivity contribution in [1.29, 1.82) is 0 Å². The Balaban J connectivity index is 1.30. The molecule has 0 bridgehead atoms. The number of nitrogens with zero attached hydrogens (tertiary/aromatic N) is 4. The maximum Gasteiger partial charge on any atom is 0.137 e. The number of aromatic nitrogens is 4. The van der Waals surface area contributed by atoms with Gasteiger partial charge < -0.3 is 4.74 Å². The Labute approximate surface area is 317 Å². The van der Waals surface area contributed by atoms with Gasteiger partial charge in [-0.3, -0.25) is 4.57 Å². The number of para-hydroxylation sites is 1. The van der Waals surface area contributed by atoms with Crippen LogP contribution in [0.15, 0.2) is 90.6 Å². The fourth-order valence-corrected chi connectivity index (χ4v) is 8.85. The first-order chi connectivity index (χ1) is 24.8. The third-order valence-electron chi connectivity index (χ3n) is 11.7. The van der Waals surface area contributed by atoms with Gasteiger partial charge in [0.25, 0.3) is 0 Å². The van der Waals surface area contributed by atoms with Crippen LogP contribution in [0.5, 0.6) is 11.5 Å². The van der Waals surface area contributed by atoms with E-state index in [1.54, 1.807) is 5.57 Å². The summed E-state index contributed by atoms with van der Waals surface area (Å²) >= 11 is 0. The van der Waals surface area contributed by atoms with E-state index in [0.717, 1.165) is 45.3 Å². The minimum atomic E-state index is 0.0334. The predicted octanol–water partition coefficient (Wildman–Crippen LogP) is 13.2. The van der Waals surface area contributed by atoms with E-state index in [1.165, 1.54) is 34.0 Å². The van der Waals surface area contributed by atoms with Crippen LogP contribution in [0.25, 0.3) is 33.3 Å². The van der Waals surface area contributed by atoms with Crippen molar-refractivity contribution >= 4 is 21.8 Å². The number of allylic oxidation sites excluding steroid dienone is 2. The molecule has 0 spiro atoms. The van der Waals surface area contributed by atoms with Gasteiger partial charge >= 0.3 is 0 Å². The molecule has 0 saturated carbocycles. The van der Waals surface area contributed by atoms with Gasteiger partial charge in [0.2, 0.25) is 0 Å². The number of rotatable bonds is 5. The van der Waals surface area contributed by atoms with Crippen LogP contribution in [0.4, 0.5) is 0 Å². The number of pyridine rings is 1. The quantitative estimate of drug-likeness (QED) is 0.168. The van der Waals surface area contributed by atoms with E-state index in [2.05, 4.69) is 172 Å². The van der Waals surface area contributed by atoms with E-state index >= 15 is 0 Å². The summed E-state index contributed by atoms with van der Waals surface area (Å²) in [7, 11) is 0. The fraction of sp³-hybridized carbons (Fsp3) is 0.417. The van der Waals surface area contributed by atoms with Crippen molar-refractivity contribution in [3.8, 4) is 23.0 Å². The molecule has 0 aliphatic heterocycles. The van der Waals surface area contributed by atoms with Crippen molar-refractivity contribution < 1.29 is 4.74 Å². The summed E-state index contributed by atoms with van der Waals surface area (Å²) < 4.78 is 11.1. The van der Waals surface area contributed by atoms with E-state index < -0.39 is 0 Å². The van der Waals surface area contributed by atoms with E-state index in [4.69, 9.17) is 14.8 Å². The number of fused-ring (bicyclic) bond motifs is 3. The molecule has 7 rings (SSSR count). The normalized spacial score (nSPS) is 18.5. The molecule has 3 aromatic carbocycles. The van der Waals surface area contributed by atoms with Gasteiger partial charge in [0.1, 0.15) is 17.3 Å². The van der Waals surface area contributed by atoms with Crippen molar-refractivity contribution in [2.75, 3.05) is 0 Å². The number of ether oxygens (including phenoxy) is 1. The van der Waals surface area contributed by atoms with E-state index in [-0.39, 0.29) is 16.2 Å². The predicted molar refractivity (Wildman–Crippen MR) is 222 cm³/mol. The average Bonchev–Trinajstić information content (AvgIpc) is 3.55. The van der Waals surface area contributed by atoms with Gasteiger partial charge in [-0.05, 0) is 116 Å². The lowest BCUT2D eigenvalue weighted by Crippen LogP contribution is -2.39. The largest absolute Gasteiger partial charge is 0.457 e. The summed E-state index contributed by atoms with van der Waals surface area (Å²) in [5.41, 5.74) is 11.1. The standard InChI is InChI=1S/C48H58N4O/c1-29-20-21-49-43(24-29)51-41-17-15-14-16-37(41)38-19-18-35(28-42(38)51)53-36-23-30(2)22-34(27-36)52-32(4)44(31(3)50-52)45-39(47(8,9)10)25-33(46(5,6)7)26-40(45)48(11,12)13/h14-25,27-28,33,40,45H,26H2,1-13H3/t33-,40+,45?/m1/s1. The minimum absolute atomic E-state index is 0.0334. The van der Waals surface area contributed by atoms with Crippen LogP contribution in [0.2, 0.25) is 0 Å². The SMILES string of the molecule is Cc1cc(Oc2ccc3c4ccccc4n(-c4cc(C)ccn4)c3c2)cc(-n2nc(C)c(C3C(C(C)(C)C)=C[C@@H](C(C)(C)C)C[C@@H]3C(C)(C)C)c2C)c1. The highest BCUT2D eigenvalue weighted by Crippen LogP contribution is 2.56. The fourth-order valence-electron chi connectivity index (χ4n) is 8.85. The molecule has 6 aromatic rings. The second kappa shape index (κ2) is 13.0. The lowest BCUT2D eigenvalue weighted by atomic mass is 9.55. The molecule has 0 amide bonds. The third kappa shape index (κ3) is 6.84. The highest BCUT2D eigenvalue weighted by molar-refractivity contribution is 6.09. The monoisotopic (exact) mass is 706 g/mol. The van der Waals surface area contributed by atoms with Gasteiger partial charge in [0, 0.05) is 46.3 Å². The second-order valence-electron chi connectivity index (χ2n) is 18.9. The van der Waals surface area contributed by atoms with Crippen LogP contribution in [0.1, 0.15) is 103 Å². The molecule has 1 aliphatic rings. The Morgan fingerprint density at radius 1 is 0.698 bits per heavy atom. The Morgan fingerprint density at radius 3 is 2.09 bits per heavy atom. The zero-order valence-electron chi connectivity index (χ0n) is 34.2. The Kier molecular flexibility index (Phi) is 9.03. The minimum Gasteiger partial charge on any atom is -0.457 e. The molecular formula is C48H58N4O. The number of benzene rings is 3. The van der Waals surface area contributed by atoms with Crippen LogP contribution >= 0.6 is 0 Å². The molecule has 1 aliphatic carbocycles. The van der Waals surface area contributed by atoms with Crippen molar-refractivity contribution in [1.82, 2.24) is 19.3 Å². The zero-order chi connectivity index (χ0) is 38.2. The van der Waals surface area contributed by atoms with Gasteiger partial charge in [-0.15, -0.1) is 0 Å². The molecule has 3 heterocycles. The van der Waals surface area contributed by atoms with Crippen LogP contribution in [-0.4, -0.2) is 19.3 Å². The molecule has 3 aromatic heterocycles. The number of hydrogen-bond acceptors (Lipinski definition) is 3. The highest BCUT2D eigenvalue weighted by Gasteiger charge is 2.46. The number of aryl methyl sites for hydroxylation is 3. The van der Waals surface area contributed by atoms with Crippen LogP contribution in [0.3, 0.4) is 0 Å². The molecule has 0 radical (unpaired) electrons. The topological polar surface area (TPSA) is 44.9 Å². The van der Waals surface area contributed by atoms with E-state index in [0.29, 0.717) is 17.8 Å². The first kappa shape index (κ1) is 36.7. The zero-order valence-corrected chi connectivity index (χ0v) is 34.2. The molecule has 0 saturated heterocycles. The van der Waals surface area contributed by atoms with Crippen molar-refractivity contribution in [2.45, 2.75) is 102 Å². The summed E-state index contributed by atoms with van der Waals surface area (Å²) in [6, 6.07) is 25.6. The van der Waals surface area contributed by atoms with Gasteiger partial charge in [-0.2, -0.15) is 5.10 Å². The van der Waals surface area contributed by atoms with Gasteiger partial charge in [0.05, 0.1) is 22.4 Å². The van der Waals surface area contributed by atoms with E-state index in [1.807, 2.05) is 12.3 Å². The van der Waals surface area contributed by atoms with Crippen molar-refractivity contribution in [3.05, 3.63) is 119 Å². The summed E-state index contributed by atoms with van der Waals surface area (Å²) in [6.45, 7) is 30.4. The highest BCUT2D eigenvalue weighted by atomic mass is 16.5. The van der Waals surface area contributed by atoms with Gasteiger partial charge in [0.15, 0.2) is 0 Å². The van der Waals surface area contributed by atoms with Crippen LogP contribution in [-0.2, 0) is 0 Å². The lowest BCUT2D eigenvalue weighted by molar-refractivity contribution is 0.120. The molecular weight excluding hydrogens is 649 g/mol. The molecule has 276 valence electrons. The Morgan fingerprint density at radius 2 is 1.42 bits per heavy atom. The molecule has 53 heavy (non-hydrogen) atoms. The Bertz CT molecular complexity index is 2370. The molecule has 5 heteroatoms. The lowest BCUT2D eigenvalue weighted by Gasteiger charge is -2.49. The average molecular weight is 707 g/mol. The van der Waals surface area contributed by atoms with Crippen molar-refractivity contribution in [3.63, 3.8) is 0 Å². The maximum absolute atomic E-state index is 6.72. The van der Waals surface area contributed by atoms with Gasteiger partial charge in [-0.25, -0.2) is 9.67 Å². The number of hydrogen-bond donors (Lipinski definition) is 0. The van der Waals surface area contributed by atoms with E-state index in [9.17, 15) is 0 Å². The molecule has 0 fully saturated rings. The van der Waals surface area contributed by atoms with Crippen LogP contribution < -0.4 is 4.74 Å². The smallest absolute Gasteiger partial charge is 0.137 e. The Hall–Kier alpha value is -4.64. The molecule has 0 N–H and O–H groups in total. The second-order valence-corrected chi connectivity index (χ2v) is 18.9. The summed E-state index contributed by atoms with van der Waals surface area (Å²) in [5, 5.41) is 7.65. The molecule has 3 atom stereocenters. The summed E-state index contributed by atoms with van der Waals surface area (Å²) in [6.07, 6.45) is 5.70. The first-order valence-corrected chi connectivity index (χ1v) is 19.4. The van der Waals surface area contributed by atoms with Crippen LogP contribution in [0, 0.1) is 55.8 Å². The van der Waals surface area contributed by atoms with Gasteiger partial charge in [-0.1, -0.05) is 92.2 Å². The maximum atomic E-state index is 6.72. The first-order valence-electron chi connectivity index (χ1n) is 19.4. The van der Waals surface area contributed by atoms with Crippen molar-refractivity contribution in [2.24, 2.45) is 28.1 Å². The molecule has 1 unspecified atom stereocenters. The molecule has 5 nitrogen and oxygen atoms in total. The summed E-state index contributed by atoms with van der Waals surface area (Å²) in [5.74, 6) is 3.78.